The number of fused-ring (bicyclic) bond motifs is 4. The van der Waals surface area contributed by atoms with Gasteiger partial charge in [-0.05, 0) is 43.2 Å². The zero-order chi connectivity index (χ0) is 26.8. The predicted molar refractivity (Wildman–Crippen MR) is 152 cm³/mol. The number of rotatable bonds is 4. The van der Waals surface area contributed by atoms with Gasteiger partial charge in [-0.1, -0.05) is 73.3 Å². The number of pyridine rings is 1. The largest absolute Gasteiger partial charge is 0.512 e. The number of aliphatic hydroxyl groups excluding tert-OH is 1. The van der Waals surface area contributed by atoms with Crippen LogP contribution in [0.4, 0.5) is 0 Å². The molecule has 1 radical (unpaired) electrons. The van der Waals surface area contributed by atoms with E-state index in [9.17, 15) is 4.79 Å². The third-order valence-corrected chi connectivity index (χ3v) is 6.24. The number of hydrogen-bond donors (Lipinski definition) is 1. The molecule has 6 aromatic rings. The number of hydrogen-bond acceptors (Lipinski definition) is 5. The van der Waals surface area contributed by atoms with Crippen LogP contribution in [0.3, 0.4) is 0 Å². The molecule has 0 aliphatic rings. The molecule has 0 amide bonds. The Balaban J connectivity index is 0.000000394. The van der Waals surface area contributed by atoms with Crippen molar-refractivity contribution in [1.82, 2.24) is 4.98 Å². The van der Waals surface area contributed by atoms with Crippen LogP contribution in [0.2, 0.25) is 0 Å². The Kier molecular flexibility index (Phi) is 8.49. The maximum atomic E-state index is 10.0. The van der Waals surface area contributed by atoms with Gasteiger partial charge < -0.3 is 13.9 Å². The molecule has 0 bridgehead atoms. The van der Waals surface area contributed by atoms with E-state index in [1.807, 2.05) is 48.5 Å². The zero-order valence-electron chi connectivity index (χ0n) is 22.1. The van der Waals surface area contributed by atoms with Gasteiger partial charge in [-0.15, -0.1) is 18.2 Å². The van der Waals surface area contributed by atoms with Crippen LogP contribution < -0.4 is 0 Å². The summed E-state index contributed by atoms with van der Waals surface area (Å²) in [6.07, 6.45) is 1.17. The Morgan fingerprint density at radius 1 is 0.923 bits per heavy atom. The summed E-state index contributed by atoms with van der Waals surface area (Å²) in [5.41, 5.74) is 7.31. The summed E-state index contributed by atoms with van der Waals surface area (Å²) in [7, 11) is 0. The van der Waals surface area contributed by atoms with Crippen LogP contribution in [0, 0.1) is 6.07 Å². The summed E-state index contributed by atoms with van der Waals surface area (Å²) >= 11 is 0. The van der Waals surface area contributed by atoms with Crippen molar-refractivity contribution in [3.63, 3.8) is 0 Å². The number of carbonyl (C=O) groups is 1. The van der Waals surface area contributed by atoms with Gasteiger partial charge in [0.2, 0.25) is 0 Å². The first-order chi connectivity index (χ1) is 18.3. The van der Waals surface area contributed by atoms with E-state index in [1.165, 1.54) is 25.5 Å². The molecule has 6 rings (SSSR count). The average molecular weight is 695 g/mol. The monoisotopic (exact) mass is 695 g/mol. The molecule has 0 saturated heterocycles. The second-order valence-electron chi connectivity index (χ2n) is 9.56. The molecule has 3 heterocycles. The van der Waals surface area contributed by atoms with Gasteiger partial charge in [-0.25, -0.2) is 0 Å². The molecule has 3 aromatic heterocycles. The van der Waals surface area contributed by atoms with Crippen molar-refractivity contribution >= 4 is 38.8 Å². The molecular weight excluding hydrogens is 667 g/mol. The molecule has 6 heteroatoms. The van der Waals surface area contributed by atoms with E-state index in [2.05, 4.69) is 50.2 Å². The van der Waals surface area contributed by atoms with E-state index < -0.39 is 0 Å². The van der Waals surface area contributed by atoms with E-state index in [0.29, 0.717) is 5.92 Å². The third kappa shape index (κ3) is 6.03. The summed E-state index contributed by atoms with van der Waals surface area (Å²) in [4.78, 5) is 14.9. The minimum atomic E-state index is -0.125. The topological polar surface area (TPSA) is 76.5 Å². The molecular formula is C33H28IrNO4-. The molecule has 1 N–H and O–H groups in total. The number of para-hydroxylation sites is 1. The molecule has 0 aliphatic carbocycles. The van der Waals surface area contributed by atoms with Gasteiger partial charge in [0.15, 0.2) is 11.4 Å². The van der Waals surface area contributed by atoms with E-state index in [1.54, 1.807) is 0 Å². The number of aliphatic hydroxyl groups is 1. The van der Waals surface area contributed by atoms with Gasteiger partial charge in [-0.3, -0.25) is 9.78 Å². The smallest absolute Gasteiger partial charge is 0.155 e. The van der Waals surface area contributed by atoms with Gasteiger partial charge in [0.1, 0.15) is 11.3 Å². The number of aromatic nitrogens is 1. The molecule has 0 saturated carbocycles. The van der Waals surface area contributed by atoms with Crippen LogP contribution in [-0.4, -0.2) is 15.9 Å². The maximum absolute atomic E-state index is 10.0. The van der Waals surface area contributed by atoms with Crippen molar-refractivity contribution in [2.24, 2.45) is 0 Å². The van der Waals surface area contributed by atoms with E-state index >= 15 is 0 Å². The number of allylic oxidation sites excluding steroid dienone is 2. The van der Waals surface area contributed by atoms with E-state index in [4.69, 9.17) is 18.9 Å². The van der Waals surface area contributed by atoms with Crippen LogP contribution >= 0.6 is 0 Å². The van der Waals surface area contributed by atoms with Crippen molar-refractivity contribution in [2.75, 3.05) is 0 Å². The van der Waals surface area contributed by atoms with Crippen LogP contribution in [0.1, 0.15) is 39.2 Å². The maximum Gasteiger partial charge on any atom is 0.155 e. The summed E-state index contributed by atoms with van der Waals surface area (Å²) in [5.74, 6) is 1.26. The first-order valence-corrected chi connectivity index (χ1v) is 12.5. The Morgan fingerprint density at radius 2 is 1.67 bits per heavy atom. The van der Waals surface area contributed by atoms with Crippen LogP contribution in [0.5, 0.6) is 0 Å². The summed E-state index contributed by atoms with van der Waals surface area (Å²) in [6, 6.07) is 29.8. The fourth-order valence-electron chi connectivity index (χ4n) is 4.41. The SMILES string of the molecule is CC(=O)/C=C(/C)O.CC(C)c1ccc(-c2cc3nc(-c4[c-]ccc5c4oc4ccccc45)ccc3o2)cc1.[Ir]. The fraction of sp³-hybridized carbons (Fsp3) is 0.152. The number of ketones is 1. The Hall–Kier alpha value is -3.99. The number of furan rings is 2. The molecule has 0 atom stereocenters. The molecule has 39 heavy (non-hydrogen) atoms. The van der Waals surface area contributed by atoms with Crippen molar-refractivity contribution in [3.8, 4) is 22.6 Å². The molecule has 5 nitrogen and oxygen atoms in total. The summed E-state index contributed by atoms with van der Waals surface area (Å²) < 4.78 is 12.2. The van der Waals surface area contributed by atoms with Crippen LogP contribution in [-0.2, 0) is 24.9 Å². The fourth-order valence-corrected chi connectivity index (χ4v) is 4.41. The Labute approximate surface area is 240 Å². The number of nitrogens with zero attached hydrogens (tertiary/aromatic N) is 1. The molecule has 0 aliphatic heterocycles. The van der Waals surface area contributed by atoms with E-state index in [-0.39, 0.29) is 31.6 Å². The molecule has 3 aromatic carbocycles. The van der Waals surface area contributed by atoms with Gasteiger partial charge in [0.05, 0.1) is 16.9 Å². The Bertz CT molecular complexity index is 1790. The third-order valence-electron chi connectivity index (χ3n) is 6.24. The molecule has 0 fully saturated rings. The first kappa shape index (κ1) is 28.0. The van der Waals surface area contributed by atoms with Gasteiger partial charge >= 0.3 is 0 Å². The zero-order valence-corrected chi connectivity index (χ0v) is 24.5. The summed E-state index contributed by atoms with van der Waals surface area (Å²) in [6.45, 7) is 7.24. The van der Waals surface area contributed by atoms with Crippen LogP contribution in [0.15, 0.2) is 99.5 Å². The second kappa shape index (κ2) is 11.8. The van der Waals surface area contributed by atoms with Crippen LogP contribution in [0.25, 0.3) is 55.6 Å². The van der Waals surface area contributed by atoms with Gasteiger partial charge in [-0.2, -0.15) is 0 Å². The standard InChI is InChI=1S/C28H20NO2.C5H8O2.Ir/c1-17(2)18-10-12-19(13-11-18)27-16-24-26(30-27)15-14-23(29-24)22-8-5-7-21-20-6-3-4-9-25(20)31-28(21)22;1-4(6)3-5(2)7;/h3-7,9-17H,1-2H3;3,6H,1-2H3;/q-1;;/b;4-3-;. The second-order valence-corrected chi connectivity index (χ2v) is 9.56. The summed E-state index contributed by atoms with van der Waals surface area (Å²) in [5, 5.41) is 10.5. The molecule has 0 unspecified atom stereocenters. The normalized spacial score (nSPS) is 11.5. The minimum absolute atomic E-state index is 0. The minimum Gasteiger partial charge on any atom is -0.512 e. The van der Waals surface area contributed by atoms with E-state index in [0.717, 1.165) is 55.6 Å². The molecule has 0 spiro atoms. The van der Waals surface area contributed by atoms with Gasteiger partial charge in [0.25, 0.3) is 0 Å². The predicted octanol–water partition coefficient (Wildman–Crippen LogP) is 9.02. The van der Waals surface area contributed by atoms with Crippen molar-refractivity contribution in [3.05, 3.63) is 102 Å². The van der Waals surface area contributed by atoms with Crippen molar-refractivity contribution in [2.45, 2.75) is 33.6 Å². The number of benzene rings is 3. The first-order valence-electron chi connectivity index (χ1n) is 12.5. The van der Waals surface area contributed by atoms with Gasteiger partial charge in [0, 0.05) is 43.2 Å². The molecule has 199 valence electrons. The number of carbonyl (C=O) groups excluding carboxylic acids is 1. The quantitative estimate of drug-likeness (QED) is 0.113. The van der Waals surface area contributed by atoms with Crippen molar-refractivity contribution in [1.29, 1.82) is 0 Å². The average Bonchev–Trinajstić information content (AvgIpc) is 3.49. The Morgan fingerprint density at radius 3 is 2.33 bits per heavy atom. The van der Waals surface area contributed by atoms with Crippen molar-refractivity contribution < 1.29 is 38.8 Å².